The van der Waals surface area contributed by atoms with Crippen LogP contribution in [0.5, 0.6) is 0 Å². The molecule has 1 saturated heterocycles. The molecule has 0 atom stereocenters. The SMILES string of the molecule is Cn1nc2c(=O)n(CC3(O)CCN(Cc4ccc(-c5ccncc5)cc4F)CC3)cnc2c1-c1ccc(CNC(=O)OC(C)(C)C)cc1. The molecule has 1 aliphatic rings. The van der Waals surface area contributed by atoms with Gasteiger partial charge in [-0.3, -0.25) is 23.9 Å². The van der Waals surface area contributed by atoms with Crippen molar-refractivity contribution in [2.45, 2.75) is 64.4 Å². The number of aryl methyl sites for hydroxylation is 1. The van der Waals surface area contributed by atoms with Crippen LogP contribution in [0.2, 0.25) is 0 Å². The Morgan fingerprint density at radius 2 is 1.69 bits per heavy atom. The van der Waals surface area contributed by atoms with Gasteiger partial charge in [-0.15, -0.1) is 0 Å². The minimum absolute atomic E-state index is 0.0862. The van der Waals surface area contributed by atoms with Crippen LogP contribution in [0, 0.1) is 5.82 Å². The minimum atomic E-state index is -1.11. The molecule has 1 aliphatic heterocycles. The molecule has 2 N–H and O–H groups in total. The Morgan fingerprint density at radius 3 is 2.35 bits per heavy atom. The predicted octanol–water partition coefficient (Wildman–Crippen LogP) is 5.05. The van der Waals surface area contributed by atoms with Crippen molar-refractivity contribution in [3.05, 3.63) is 101 Å². The highest BCUT2D eigenvalue weighted by molar-refractivity contribution is 5.89. The zero-order chi connectivity index (χ0) is 34.1. The second-order valence-electron chi connectivity index (χ2n) is 13.4. The second kappa shape index (κ2) is 13.3. The van der Waals surface area contributed by atoms with E-state index in [1.807, 2.05) is 69.3 Å². The molecule has 0 spiro atoms. The van der Waals surface area contributed by atoms with E-state index < -0.39 is 17.3 Å². The molecule has 1 fully saturated rings. The number of carbonyl (C=O) groups excluding carboxylic acids is 1. The number of piperidine rings is 1. The van der Waals surface area contributed by atoms with Crippen LogP contribution in [0.4, 0.5) is 9.18 Å². The van der Waals surface area contributed by atoms with Crippen molar-refractivity contribution in [1.29, 1.82) is 0 Å². The van der Waals surface area contributed by atoms with E-state index >= 15 is 0 Å². The summed E-state index contributed by atoms with van der Waals surface area (Å²) < 4.78 is 23.4. The van der Waals surface area contributed by atoms with E-state index in [2.05, 4.69) is 25.3 Å². The van der Waals surface area contributed by atoms with Crippen molar-refractivity contribution < 1.29 is 19.0 Å². The molecular weight excluding hydrogens is 613 g/mol. The van der Waals surface area contributed by atoms with Crippen LogP contribution in [0.1, 0.15) is 44.7 Å². The number of nitrogens with zero attached hydrogens (tertiary/aromatic N) is 6. The Balaban J connectivity index is 1.09. The number of hydrogen-bond acceptors (Lipinski definition) is 8. The lowest BCUT2D eigenvalue weighted by Crippen LogP contribution is -2.47. The van der Waals surface area contributed by atoms with Crippen LogP contribution in [-0.4, -0.2) is 64.7 Å². The Morgan fingerprint density at radius 1 is 1.00 bits per heavy atom. The molecule has 0 aliphatic carbocycles. The zero-order valence-electron chi connectivity index (χ0n) is 27.6. The molecule has 250 valence electrons. The number of likely N-dealkylation sites (tertiary alicyclic amines) is 1. The lowest BCUT2D eigenvalue weighted by atomic mass is 9.91. The Kier molecular flexibility index (Phi) is 9.13. The molecule has 6 rings (SSSR count). The van der Waals surface area contributed by atoms with Gasteiger partial charge in [0.15, 0.2) is 5.52 Å². The predicted molar refractivity (Wildman–Crippen MR) is 180 cm³/mol. The maximum Gasteiger partial charge on any atom is 0.407 e. The highest BCUT2D eigenvalue weighted by atomic mass is 19.1. The van der Waals surface area contributed by atoms with Crippen LogP contribution in [0.3, 0.4) is 0 Å². The van der Waals surface area contributed by atoms with Crippen LogP contribution >= 0.6 is 0 Å². The number of pyridine rings is 1. The summed E-state index contributed by atoms with van der Waals surface area (Å²) in [6, 6.07) is 16.5. The molecule has 0 bridgehead atoms. The number of aromatic nitrogens is 5. The maximum atomic E-state index is 15.0. The molecule has 12 heteroatoms. The number of carbonyl (C=O) groups is 1. The summed E-state index contributed by atoms with van der Waals surface area (Å²) in [5.74, 6) is -0.267. The second-order valence-corrected chi connectivity index (χ2v) is 13.4. The smallest absolute Gasteiger partial charge is 0.407 e. The summed E-state index contributed by atoms with van der Waals surface area (Å²) in [4.78, 5) is 36.3. The Labute approximate surface area is 278 Å². The van der Waals surface area contributed by atoms with Crippen molar-refractivity contribution in [2.75, 3.05) is 13.1 Å². The van der Waals surface area contributed by atoms with Gasteiger partial charge in [-0.1, -0.05) is 36.4 Å². The van der Waals surface area contributed by atoms with E-state index in [1.54, 1.807) is 30.2 Å². The molecule has 0 saturated carbocycles. The van der Waals surface area contributed by atoms with E-state index in [0.717, 1.165) is 22.3 Å². The third-order valence-corrected chi connectivity index (χ3v) is 8.59. The quantitative estimate of drug-likeness (QED) is 0.238. The number of fused-ring (bicyclic) bond motifs is 1. The number of benzene rings is 2. The largest absolute Gasteiger partial charge is 0.444 e. The number of hydrogen-bond donors (Lipinski definition) is 2. The topological polar surface area (TPSA) is 127 Å². The van der Waals surface area contributed by atoms with Gasteiger partial charge < -0.3 is 15.2 Å². The molecule has 3 aromatic heterocycles. The number of halogens is 1. The van der Waals surface area contributed by atoms with Gasteiger partial charge in [-0.25, -0.2) is 14.2 Å². The molecule has 0 unspecified atom stereocenters. The van der Waals surface area contributed by atoms with Gasteiger partial charge in [0.25, 0.3) is 5.56 Å². The van der Waals surface area contributed by atoms with Crippen LogP contribution in [0.25, 0.3) is 33.4 Å². The Hall–Kier alpha value is -4.94. The lowest BCUT2D eigenvalue weighted by Gasteiger charge is -2.38. The van der Waals surface area contributed by atoms with E-state index in [1.165, 1.54) is 10.9 Å². The maximum absolute atomic E-state index is 15.0. The number of aliphatic hydroxyl groups is 1. The molecule has 2 aromatic carbocycles. The molecule has 4 heterocycles. The number of alkyl carbamates (subject to hydrolysis) is 1. The number of amides is 1. The fraction of sp³-hybridized carbons (Fsp3) is 0.361. The van der Waals surface area contributed by atoms with Crippen molar-refractivity contribution in [3.8, 4) is 22.4 Å². The van der Waals surface area contributed by atoms with Crippen LogP contribution in [0.15, 0.2) is 78.1 Å². The standard InChI is InChI=1S/C36H40FN7O4/c1-35(2,3)48-34(46)39-20-24-5-7-26(8-6-24)32-30-31(41-42(32)4)33(45)44(23-40-30)22-36(47)13-17-43(18-14-36)21-28-10-9-27(19-29(28)37)25-11-15-38-16-12-25/h5-12,15-16,19,23,47H,13-14,17-18,20-22H2,1-4H3,(H,39,46). The molecule has 5 aromatic rings. The summed E-state index contributed by atoms with van der Waals surface area (Å²) >= 11 is 0. The Bertz CT molecular complexity index is 1980. The third kappa shape index (κ3) is 7.45. The van der Waals surface area contributed by atoms with Crippen molar-refractivity contribution in [1.82, 2.24) is 34.5 Å². The fourth-order valence-electron chi connectivity index (χ4n) is 6.04. The molecule has 11 nitrogen and oxygen atoms in total. The van der Waals surface area contributed by atoms with Crippen molar-refractivity contribution in [3.63, 3.8) is 0 Å². The first kappa shape index (κ1) is 33.0. The first-order valence-corrected chi connectivity index (χ1v) is 16.0. The summed E-state index contributed by atoms with van der Waals surface area (Å²) in [5.41, 5.74) is 3.37. The average Bonchev–Trinajstić information content (AvgIpc) is 3.40. The molecule has 48 heavy (non-hydrogen) atoms. The van der Waals surface area contributed by atoms with E-state index in [0.29, 0.717) is 55.8 Å². The van der Waals surface area contributed by atoms with Gasteiger partial charge >= 0.3 is 6.09 Å². The minimum Gasteiger partial charge on any atom is -0.444 e. The van der Waals surface area contributed by atoms with Gasteiger partial charge in [-0.2, -0.15) is 5.10 Å². The number of nitrogens with one attached hydrogen (secondary N) is 1. The average molecular weight is 654 g/mol. The van der Waals surface area contributed by atoms with E-state index in [4.69, 9.17) is 4.74 Å². The highest BCUT2D eigenvalue weighted by Crippen LogP contribution is 2.29. The third-order valence-electron chi connectivity index (χ3n) is 8.59. The first-order chi connectivity index (χ1) is 22.9. The molecule has 0 radical (unpaired) electrons. The summed E-state index contributed by atoms with van der Waals surface area (Å²) in [6.45, 7) is 7.38. The molecule has 1 amide bonds. The van der Waals surface area contributed by atoms with Gasteiger partial charge in [-0.05, 0) is 68.5 Å². The number of rotatable bonds is 8. The molecular formula is C36H40FN7O4. The van der Waals surface area contributed by atoms with Gasteiger partial charge in [0, 0.05) is 56.7 Å². The normalized spacial score (nSPS) is 15.0. The van der Waals surface area contributed by atoms with Gasteiger partial charge in [0.1, 0.15) is 16.9 Å². The van der Waals surface area contributed by atoms with Gasteiger partial charge in [0.2, 0.25) is 0 Å². The van der Waals surface area contributed by atoms with Crippen LogP contribution < -0.4 is 10.9 Å². The number of ether oxygens (including phenoxy) is 1. The van der Waals surface area contributed by atoms with E-state index in [-0.39, 0.29) is 23.4 Å². The van der Waals surface area contributed by atoms with Crippen LogP contribution in [-0.2, 0) is 31.4 Å². The first-order valence-electron chi connectivity index (χ1n) is 16.0. The summed E-state index contributed by atoms with van der Waals surface area (Å²) in [7, 11) is 1.76. The van der Waals surface area contributed by atoms with E-state index in [9.17, 15) is 19.1 Å². The highest BCUT2D eigenvalue weighted by Gasteiger charge is 2.34. The lowest BCUT2D eigenvalue weighted by molar-refractivity contribution is -0.0366. The van der Waals surface area contributed by atoms with Gasteiger partial charge in [0.05, 0.1) is 24.2 Å². The fourth-order valence-corrected chi connectivity index (χ4v) is 6.04. The van der Waals surface area contributed by atoms with Crippen molar-refractivity contribution in [2.24, 2.45) is 7.05 Å². The summed E-state index contributed by atoms with van der Waals surface area (Å²) in [6.07, 6.45) is 5.21. The summed E-state index contributed by atoms with van der Waals surface area (Å²) in [5, 5.41) is 18.7. The monoisotopic (exact) mass is 653 g/mol. The zero-order valence-corrected chi connectivity index (χ0v) is 27.6. The van der Waals surface area contributed by atoms with Crippen molar-refractivity contribution >= 4 is 17.1 Å².